The maximum Gasteiger partial charge on any atom is 0.271 e. The van der Waals surface area contributed by atoms with Gasteiger partial charge in [-0.05, 0) is 24.6 Å². The second-order valence-corrected chi connectivity index (χ2v) is 3.17. The number of nitrogens with one attached hydrogen (secondary N) is 2. The average Bonchev–Trinajstić information content (AvgIpc) is 2.47. The second kappa shape index (κ2) is 2.74. The zero-order chi connectivity index (χ0) is 9.42. The van der Waals surface area contributed by atoms with Gasteiger partial charge in [-0.3, -0.25) is 15.0 Å². The van der Waals surface area contributed by atoms with E-state index in [9.17, 15) is 4.79 Å². The molecule has 0 saturated heterocycles. The Balaban J connectivity index is 2.73. The van der Waals surface area contributed by atoms with Crippen LogP contribution in [0.2, 0.25) is 0 Å². The lowest BCUT2D eigenvalue weighted by molar-refractivity contribution is 0.820. The number of H-pyrrole nitrogens is 2. The van der Waals surface area contributed by atoms with Crippen molar-refractivity contribution in [3.63, 3.8) is 0 Å². The summed E-state index contributed by atoms with van der Waals surface area (Å²) in [7, 11) is 0. The molecule has 2 aromatic rings. The minimum absolute atomic E-state index is 0.0429. The highest BCUT2D eigenvalue weighted by atomic mass is 16.1. The van der Waals surface area contributed by atoms with E-state index >= 15 is 0 Å². The molecule has 4 heteroatoms. The summed E-state index contributed by atoms with van der Waals surface area (Å²) < 4.78 is 0. The lowest BCUT2D eigenvalue weighted by Crippen LogP contribution is -2.05. The van der Waals surface area contributed by atoms with Crippen LogP contribution in [0, 0.1) is 0 Å². The molecule has 0 aliphatic rings. The molecule has 0 amide bonds. The molecule has 1 aromatic carbocycles. The van der Waals surface area contributed by atoms with Crippen molar-refractivity contribution in [3.8, 4) is 0 Å². The molecule has 13 heavy (non-hydrogen) atoms. The van der Waals surface area contributed by atoms with E-state index in [2.05, 4.69) is 10.2 Å². The van der Waals surface area contributed by atoms with Gasteiger partial charge in [0.2, 0.25) is 0 Å². The Kier molecular flexibility index (Phi) is 1.70. The minimum atomic E-state index is -0.0995. The van der Waals surface area contributed by atoms with Gasteiger partial charge in [-0.15, -0.1) is 0 Å². The number of nitrogens with two attached hydrogens (primary N) is 1. The van der Waals surface area contributed by atoms with Crippen LogP contribution in [-0.2, 0) is 0 Å². The van der Waals surface area contributed by atoms with Gasteiger partial charge < -0.3 is 5.73 Å². The zero-order valence-electron chi connectivity index (χ0n) is 7.29. The van der Waals surface area contributed by atoms with Crippen LogP contribution in [0.25, 0.3) is 10.9 Å². The summed E-state index contributed by atoms with van der Waals surface area (Å²) in [6, 6.07) is 5.54. The van der Waals surface area contributed by atoms with Gasteiger partial charge in [0.25, 0.3) is 5.56 Å². The third kappa shape index (κ3) is 1.25. The summed E-state index contributed by atoms with van der Waals surface area (Å²) in [4.78, 5) is 11.2. The fraction of sp³-hybridized carbons (Fsp3) is 0.222. The van der Waals surface area contributed by atoms with Crippen LogP contribution in [0.4, 0.5) is 0 Å². The van der Waals surface area contributed by atoms with Gasteiger partial charge in [-0.25, -0.2) is 0 Å². The van der Waals surface area contributed by atoms with Crippen LogP contribution in [0.1, 0.15) is 18.5 Å². The number of aromatic nitrogens is 2. The fourth-order valence-electron chi connectivity index (χ4n) is 1.33. The van der Waals surface area contributed by atoms with Gasteiger partial charge in [-0.2, -0.15) is 0 Å². The molecule has 1 aromatic heterocycles. The fourth-order valence-corrected chi connectivity index (χ4v) is 1.33. The van der Waals surface area contributed by atoms with Crippen molar-refractivity contribution in [1.82, 2.24) is 10.2 Å². The number of rotatable bonds is 1. The van der Waals surface area contributed by atoms with Gasteiger partial charge in [0.05, 0.1) is 10.9 Å². The normalized spacial score (nSPS) is 13.4. The molecule has 1 heterocycles. The first-order valence-corrected chi connectivity index (χ1v) is 4.14. The molecule has 0 saturated carbocycles. The molecule has 0 radical (unpaired) electrons. The van der Waals surface area contributed by atoms with E-state index in [1.807, 2.05) is 25.1 Å². The number of benzene rings is 1. The number of hydrogen-bond donors (Lipinski definition) is 3. The summed E-state index contributed by atoms with van der Waals surface area (Å²) >= 11 is 0. The van der Waals surface area contributed by atoms with E-state index in [0.717, 1.165) is 11.1 Å². The van der Waals surface area contributed by atoms with Gasteiger partial charge >= 0.3 is 0 Å². The van der Waals surface area contributed by atoms with Gasteiger partial charge in [0.1, 0.15) is 0 Å². The Morgan fingerprint density at radius 3 is 2.85 bits per heavy atom. The molecule has 68 valence electrons. The summed E-state index contributed by atoms with van der Waals surface area (Å²) in [6.07, 6.45) is 0. The Morgan fingerprint density at radius 1 is 1.38 bits per heavy atom. The Labute approximate surface area is 74.7 Å². The van der Waals surface area contributed by atoms with E-state index in [4.69, 9.17) is 5.73 Å². The molecule has 0 aliphatic carbocycles. The van der Waals surface area contributed by atoms with Crippen LogP contribution in [0.15, 0.2) is 23.0 Å². The molecule has 0 bridgehead atoms. The largest absolute Gasteiger partial charge is 0.324 e. The molecular weight excluding hydrogens is 166 g/mol. The highest BCUT2D eigenvalue weighted by Gasteiger charge is 2.04. The quantitative estimate of drug-likeness (QED) is 0.604. The molecule has 0 fully saturated rings. The van der Waals surface area contributed by atoms with Crippen LogP contribution in [0.3, 0.4) is 0 Å². The number of hydrogen-bond acceptors (Lipinski definition) is 2. The Hall–Kier alpha value is -1.55. The van der Waals surface area contributed by atoms with E-state index in [0.29, 0.717) is 5.39 Å². The van der Waals surface area contributed by atoms with Crippen molar-refractivity contribution in [1.29, 1.82) is 0 Å². The maximum absolute atomic E-state index is 11.2. The molecule has 1 unspecified atom stereocenters. The summed E-state index contributed by atoms with van der Waals surface area (Å²) in [6.45, 7) is 1.89. The third-order valence-corrected chi connectivity index (χ3v) is 2.12. The SMILES string of the molecule is CC(N)c1ccc2[nH][nH]c(=O)c2c1. The second-order valence-electron chi connectivity index (χ2n) is 3.17. The number of fused-ring (bicyclic) bond motifs is 1. The van der Waals surface area contributed by atoms with Crippen LogP contribution >= 0.6 is 0 Å². The van der Waals surface area contributed by atoms with E-state index in [1.54, 1.807) is 0 Å². The van der Waals surface area contributed by atoms with Crippen molar-refractivity contribution in [2.24, 2.45) is 5.73 Å². The highest BCUT2D eigenvalue weighted by molar-refractivity contribution is 5.78. The topological polar surface area (TPSA) is 74.7 Å². The summed E-state index contributed by atoms with van der Waals surface area (Å²) in [5, 5.41) is 5.96. The first-order valence-electron chi connectivity index (χ1n) is 4.14. The van der Waals surface area contributed by atoms with E-state index < -0.39 is 0 Å². The van der Waals surface area contributed by atoms with E-state index in [-0.39, 0.29) is 11.6 Å². The lowest BCUT2D eigenvalue weighted by Gasteiger charge is -2.03. The Bertz CT molecular complexity index is 481. The van der Waals surface area contributed by atoms with Gasteiger partial charge in [0, 0.05) is 6.04 Å². The molecular formula is C9H11N3O. The van der Waals surface area contributed by atoms with Crippen molar-refractivity contribution in [3.05, 3.63) is 34.1 Å². The molecule has 1 atom stereocenters. The van der Waals surface area contributed by atoms with Crippen LogP contribution < -0.4 is 11.3 Å². The third-order valence-electron chi connectivity index (χ3n) is 2.12. The van der Waals surface area contributed by atoms with Gasteiger partial charge in [0.15, 0.2) is 0 Å². The minimum Gasteiger partial charge on any atom is -0.324 e. The summed E-state index contributed by atoms with van der Waals surface area (Å²) in [5.41, 5.74) is 7.39. The first-order chi connectivity index (χ1) is 6.18. The molecule has 0 aliphatic heterocycles. The predicted molar refractivity (Wildman–Crippen MR) is 51.5 cm³/mol. The molecule has 0 spiro atoms. The summed E-state index contributed by atoms with van der Waals surface area (Å²) in [5.74, 6) is 0. The standard InChI is InChI=1S/C9H11N3O/c1-5(10)6-2-3-8-7(4-6)9(13)12-11-8/h2-5H,10H2,1H3,(H2,11,12,13). The van der Waals surface area contributed by atoms with Crippen LogP contribution in [0.5, 0.6) is 0 Å². The molecule has 4 nitrogen and oxygen atoms in total. The van der Waals surface area contributed by atoms with Crippen molar-refractivity contribution < 1.29 is 0 Å². The average molecular weight is 177 g/mol. The smallest absolute Gasteiger partial charge is 0.271 e. The highest BCUT2D eigenvalue weighted by Crippen LogP contribution is 2.14. The van der Waals surface area contributed by atoms with E-state index in [1.165, 1.54) is 0 Å². The van der Waals surface area contributed by atoms with Crippen molar-refractivity contribution in [2.45, 2.75) is 13.0 Å². The predicted octanol–water partition coefficient (Wildman–Crippen LogP) is 0.876. The molecule has 2 rings (SSSR count). The first kappa shape index (κ1) is 8.07. The lowest BCUT2D eigenvalue weighted by atomic mass is 10.1. The van der Waals surface area contributed by atoms with Crippen molar-refractivity contribution >= 4 is 10.9 Å². The molecule has 4 N–H and O–H groups in total. The van der Waals surface area contributed by atoms with Crippen molar-refractivity contribution in [2.75, 3.05) is 0 Å². The maximum atomic E-state index is 11.2. The Morgan fingerprint density at radius 2 is 2.15 bits per heavy atom. The monoisotopic (exact) mass is 177 g/mol. The zero-order valence-corrected chi connectivity index (χ0v) is 7.29. The van der Waals surface area contributed by atoms with Crippen LogP contribution in [-0.4, -0.2) is 10.2 Å². The van der Waals surface area contributed by atoms with Gasteiger partial charge in [-0.1, -0.05) is 6.07 Å². The number of aromatic amines is 2.